The van der Waals surface area contributed by atoms with E-state index in [4.69, 9.17) is 11.6 Å². The molecule has 0 aromatic carbocycles. The lowest BCUT2D eigenvalue weighted by Crippen LogP contribution is -2.06. The number of hydrogen-bond donors (Lipinski definition) is 1. The Kier molecular flexibility index (Phi) is 3.99. The van der Waals surface area contributed by atoms with Crippen LogP contribution in [0.25, 0.3) is 0 Å². The SMILES string of the molecule is C=CCCNc1nc(Cl)ncc1[N+](=O)[O-]. The fraction of sp³-hybridized carbons (Fsp3) is 0.250. The van der Waals surface area contributed by atoms with Gasteiger partial charge in [-0.25, -0.2) is 4.98 Å². The van der Waals surface area contributed by atoms with Gasteiger partial charge in [-0.05, 0) is 18.0 Å². The molecule has 0 fully saturated rings. The Morgan fingerprint density at radius 3 is 3.07 bits per heavy atom. The van der Waals surface area contributed by atoms with Crippen LogP contribution in [0.3, 0.4) is 0 Å². The summed E-state index contributed by atoms with van der Waals surface area (Å²) in [7, 11) is 0. The van der Waals surface area contributed by atoms with Gasteiger partial charge in [0.2, 0.25) is 11.1 Å². The van der Waals surface area contributed by atoms with E-state index in [1.54, 1.807) is 6.08 Å². The Morgan fingerprint density at radius 1 is 1.73 bits per heavy atom. The van der Waals surface area contributed by atoms with Crippen LogP contribution in [0.4, 0.5) is 11.5 Å². The Bertz CT molecular complexity index is 383. The summed E-state index contributed by atoms with van der Waals surface area (Å²) in [4.78, 5) is 17.3. The average molecular weight is 229 g/mol. The van der Waals surface area contributed by atoms with Gasteiger partial charge in [-0.1, -0.05) is 6.08 Å². The summed E-state index contributed by atoms with van der Waals surface area (Å²) >= 11 is 5.53. The molecule has 0 radical (unpaired) electrons. The highest BCUT2D eigenvalue weighted by Crippen LogP contribution is 2.21. The van der Waals surface area contributed by atoms with Crippen LogP contribution >= 0.6 is 11.6 Å². The number of hydrogen-bond acceptors (Lipinski definition) is 5. The van der Waals surface area contributed by atoms with Crippen molar-refractivity contribution in [3.8, 4) is 0 Å². The lowest BCUT2D eigenvalue weighted by Gasteiger charge is -2.03. The minimum Gasteiger partial charge on any atom is -0.364 e. The molecule has 0 saturated carbocycles. The van der Waals surface area contributed by atoms with Crippen LogP contribution in [0.5, 0.6) is 0 Å². The van der Waals surface area contributed by atoms with Gasteiger partial charge in [-0.2, -0.15) is 4.98 Å². The van der Waals surface area contributed by atoms with Crippen LogP contribution in [0.2, 0.25) is 5.28 Å². The zero-order chi connectivity index (χ0) is 11.3. The first-order valence-electron chi connectivity index (χ1n) is 4.17. The van der Waals surface area contributed by atoms with Gasteiger partial charge in [0.1, 0.15) is 6.20 Å². The zero-order valence-electron chi connectivity index (χ0n) is 7.81. The lowest BCUT2D eigenvalue weighted by molar-refractivity contribution is -0.384. The van der Waals surface area contributed by atoms with E-state index in [9.17, 15) is 10.1 Å². The Labute approximate surface area is 91.1 Å². The first kappa shape index (κ1) is 11.4. The standard InChI is InChI=1S/C8H9ClN4O2/c1-2-3-4-10-7-6(13(14)15)5-11-8(9)12-7/h2,5H,1,3-4H2,(H,10,11,12). The minimum absolute atomic E-state index is 0.0262. The highest BCUT2D eigenvalue weighted by atomic mass is 35.5. The molecule has 1 aromatic heterocycles. The molecule has 7 heteroatoms. The fourth-order valence-corrected chi connectivity index (χ4v) is 1.04. The van der Waals surface area contributed by atoms with Crippen molar-refractivity contribution in [3.05, 3.63) is 34.2 Å². The van der Waals surface area contributed by atoms with Crippen LogP contribution < -0.4 is 5.32 Å². The second-order valence-electron chi connectivity index (χ2n) is 2.63. The van der Waals surface area contributed by atoms with Crippen molar-refractivity contribution in [2.75, 3.05) is 11.9 Å². The van der Waals surface area contributed by atoms with Crippen molar-refractivity contribution < 1.29 is 4.92 Å². The maximum atomic E-state index is 10.6. The average Bonchev–Trinajstić information content (AvgIpc) is 2.18. The van der Waals surface area contributed by atoms with Crippen molar-refractivity contribution in [2.24, 2.45) is 0 Å². The van der Waals surface area contributed by atoms with E-state index in [0.717, 1.165) is 6.20 Å². The molecule has 1 heterocycles. The molecule has 1 aromatic rings. The largest absolute Gasteiger partial charge is 0.364 e. The van der Waals surface area contributed by atoms with Crippen LogP contribution in [0, 0.1) is 10.1 Å². The van der Waals surface area contributed by atoms with Crippen LogP contribution in [0.15, 0.2) is 18.9 Å². The molecule has 15 heavy (non-hydrogen) atoms. The van der Waals surface area contributed by atoms with Crippen LogP contribution in [0.1, 0.15) is 6.42 Å². The third kappa shape index (κ3) is 3.17. The normalized spacial score (nSPS) is 9.67. The van der Waals surface area contributed by atoms with E-state index in [1.165, 1.54) is 0 Å². The van der Waals surface area contributed by atoms with Gasteiger partial charge in [0.25, 0.3) is 0 Å². The van der Waals surface area contributed by atoms with E-state index < -0.39 is 4.92 Å². The second-order valence-corrected chi connectivity index (χ2v) is 2.97. The van der Waals surface area contributed by atoms with E-state index in [2.05, 4.69) is 21.9 Å². The predicted molar refractivity (Wildman–Crippen MR) is 57.0 cm³/mol. The molecule has 0 saturated heterocycles. The number of nitrogens with one attached hydrogen (secondary N) is 1. The molecule has 0 atom stereocenters. The Morgan fingerprint density at radius 2 is 2.47 bits per heavy atom. The number of rotatable bonds is 5. The molecule has 0 aliphatic rings. The third-order valence-corrected chi connectivity index (χ3v) is 1.76. The quantitative estimate of drug-likeness (QED) is 0.274. The van der Waals surface area contributed by atoms with E-state index in [-0.39, 0.29) is 16.8 Å². The fourth-order valence-electron chi connectivity index (χ4n) is 0.910. The van der Waals surface area contributed by atoms with Gasteiger partial charge in [0.15, 0.2) is 0 Å². The molecule has 0 amide bonds. The summed E-state index contributed by atoms with van der Waals surface area (Å²) in [5.74, 6) is 0.127. The molecular formula is C8H9ClN4O2. The predicted octanol–water partition coefficient (Wildman–Crippen LogP) is 2.03. The summed E-state index contributed by atoms with van der Waals surface area (Å²) in [6.07, 6.45) is 3.45. The molecule has 1 rings (SSSR count). The highest BCUT2D eigenvalue weighted by molar-refractivity contribution is 6.28. The van der Waals surface area contributed by atoms with Gasteiger partial charge >= 0.3 is 5.69 Å². The molecule has 80 valence electrons. The first-order chi connectivity index (χ1) is 7.15. The molecule has 0 aliphatic carbocycles. The zero-order valence-corrected chi connectivity index (χ0v) is 8.57. The van der Waals surface area contributed by atoms with Crippen molar-refractivity contribution in [3.63, 3.8) is 0 Å². The van der Waals surface area contributed by atoms with Gasteiger partial charge in [-0.3, -0.25) is 10.1 Å². The number of aromatic nitrogens is 2. The minimum atomic E-state index is -0.563. The Balaban J connectivity index is 2.86. The lowest BCUT2D eigenvalue weighted by atomic mass is 10.4. The van der Waals surface area contributed by atoms with Crippen LogP contribution in [-0.4, -0.2) is 21.4 Å². The second kappa shape index (κ2) is 5.26. The van der Waals surface area contributed by atoms with Gasteiger partial charge in [-0.15, -0.1) is 6.58 Å². The summed E-state index contributed by atoms with van der Waals surface area (Å²) in [5, 5.41) is 13.3. The molecule has 6 nitrogen and oxygen atoms in total. The van der Waals surface area contributed by atoms with Crippen molar-refractivity contribution in [1.82, 2.24) is 9.97 Å². The topological polar surface area (TPSA) is 81.0 Å². The van der Waals surface area contributed by atoms with Gasteiger partial charge in [0, 0.05) is 6.54 Å². The molecule has 1 N–H and O–H groups in total. The number of nitro groups is 1. The van der Waals surface area contributed by atoms with Crippen molar-refractivity contribution in [2.45, 2.75) is 6.42 Å². The van der Waals surface area contributed by atoms with Crippen LogP contribution in [-0.2, 0) is 0 Å². The summed E-state index contributed by atoms with van der Waals surface area (Å²) < 4.78 is 0. The maximum absolute atomic E-state index is 10.6. The molecular weight excluding hydrogens is 220 g/mol. The summed E-state index contributed by atoms with van der Waals surface area (Å²) in [6.45, 7) is 4.05. The van der Waals surface area contributed by atoms with Gasteiger partial charge < -0.3 is 5.32 Å². The van der Waals surface area contributed by atoms with Crippen molar-refractivity contribution >= 4 is 23.1 Å². The van der Waals surface area contributed by atoms with E-state index in [1.807, 2.05) is 0 Å². The monoisotopic (exact) mass is 228 g/mol. The van der Waals surface area contributed by atoms with Gasteiger partial charge in [0.05, 0.1) is 4.92 Å². The van der Waals surface area contributed by atoms with Crippen molar-refractivity contribution in [1.29, 1.82) is 0 Å². The molecule has 0 bridgehead atoms. The maximum Gasteiger partial charge on any atom is 0.329 e. The summed E-state index contributed by atoms with van der Waals surface area (Å²) in [5.41, 5.74) is -0.191. The smallest absolute Gasteiger partial charge is 0.329 e. The molecule has 0 spiro atoms. The third-order valence-electron chi connectivity index (χ3n) is 1.58. The number of halogens is 1. The first-order valence-corrected chi connectivity index (χ1v) is 4.54. The Hall–Kier alpha value is -1.69. The highest BCUT2D eigenvalue weighted by Gasteiger charge is 2.15. The molecule has 0 aliphatic heterocycles. The number of anilines is 1. The summed E-state index contributed by atoms with van der Waals surface area (Å²) in [6, 6.07) is 0. The van der Waals surface area contributed by atoms with E-state index in [0.29, 0.717) is 13.0 Å². The molecule has 0 unspecified atom stereocenters. The number of nitrogens with zero attached hydrogens (tertiary/aromatic N) is 3. The van der Waals surface area contributed by atoms with E-state index >= 15 is 0 Å².